The molecule has 0 bridgehead atoms. The fraction of sp³-hybridized carbons (Fsp3) is 0.222. The summed E-state index contributed by atoms with van der Waals surface area (Å²) in [5, 5.41) is 0.394. The highest BCUT2D eigenvalue weighted by Gasteiger charge is 2.11. The SMILES string of the molecule is Cc1ncn(-c2ncnc(Cl)c2Br)c1C. The van der Waals surface area contributed by atoms with Crippen molar-refractivity contribution in [3.8, 4) is 5.82 Å². The van der Waals surface area contributed by atoms with Crippen LogP contribution in [0, 0.1) is 13.8 Å². The second-order valence-corrected chi connectivity index (χ2v) is 4.24. The summed E-state index contributed by atoms with van der Waals surface area (Å²) in [7, 11) is 0. The highest BCUT2D eigenvalue weighted by molar-refractivity contribution is 9.10. The molecule has 0 unspecified atom stereocenters. The number of aryl methyl sites for hydroxylation is 1. The van der Waals surface area contributed by atoms with Crippen molar-refractivity contribution in [3.05, 3.63) is 33.7 Å². The maximum Gasteiger partial charge on any atom is 0.157 e. The van der Waals surface area contributed by atoms with E-state index in [0.717, 1.165) is 11.4 Å². The second kappa shape index (κ2) is 3.90. The minimum absolute atomic E-state index is 0.394. The molecular weight excluding hydrogens is 279 g/mol. The van der Waals surface area contributed by atoms with Crippen molar-refractivity contribution in [3.63, 3.8) is 0 Å². The quantitative estimate of drug-likeness (QED) is 0.758. The van der Waals surface area contributed by atoms with Crippen molar-refractivity contribution in [2.45, 2.75) is 13.8 Å². The first-order chi connectivity index (χ1) is 7.11. The zero-order chi connectivity index (χ0) is 11.0. The highest BCUT2D eigenvalue weighted by Crippen LogP contribution is 2.26. The zero-order valence-electron chi connectivity index (χ0n) is 8.20. The van der Waals surface area contributed by atoms with Crippen molar-refractivity contribution in [2.24, 2.45) is 0 Å². The first-order valence-electron chi connectivity index (χ1n) is 4.28. The fourth-order valence-electron chi connectivity index (χ4n) is 1.22. The van der Waals surface area contributed by atoms with Gasteiger partial charge in [0.05, 0.1) is 10.2 Å². The van der Waals surface area contributed by atoms with Gasteiger partial charge in [-0.15, -0.1) is 0 Å². The third-order valence-corrected chi connectivity index (χ3v) is 3.45. The van der Waals surface area contributed by atoms with Crippen LogP contribution in [0.1, 0.15) is 11.4 Å². The van der Waals surface area contributed by atoms with Crippen LogP contribution in [0.2, 0.25) is 5.15 Å². The predicted octanol–water partition coefficient (Wildman–Crippen LogP) is 2.70. The molecule has 0 saturated carbocycles. The fourth-order valence-corrected chi connectivity index (χ4v) is 1.74. The molecule has 0 atom stereocenters. The Hall–Kier alpha value is -0.940. The third kappa shape index (κ3) is 1.77. The third-order valence-electron chi connectivity index (χ3n) is 2.21. The van der Waals surface area contributed by atoms with E-state index in [1.54, 1.807) is 6.33 Å². The zero-order valence-corrected chi connectivity index (χ0v) is 10.5. The van der Waals surface area contributed by atoms with Crippen molar-refractivity contribution in [1.29, 1.82) is 0 Å². The molecule has 0 amide bonds. The molecule has 0 aromatic carbocycles. The van der Waals surface area contributed by atoms with Gasteiger partial charge in [0.1, 0.15) is 17.8 Å². The van der Waals surface area contributed by atoms with Crippen LogP contribution in [0.15, 0.2) is 17.1 Å². The van der Waals surface area contributed by atoms with Crippen LogP contribution in [0.25, 0.3) is 5.82 Å². The Morgan fingerprint density at radius 2 is 2.00 bits per heavy atom. The first kappa shape index (κ1) is 10.6. The second-order valence-electron chi connectivity index (χ2n) is 3.09. The Labute approximate surface area is 100 Å². The van der Waals surface area contributed by atoms with E-state index in [0.29, 0.717) is 15.4 Å². The van der Waals surface area contributed by atoms with Gasteiger partial charge in [-0.25, -0.2) is 15.0 Å². The summed E-state index contributed by atoms with van der Waals surface area (Å²) in [4.78, 5) is 12.2. The summed E-state index contributed by atoms with van der Waals surface area (Å²) >= 11 is 9.25. The van der Waals surface area contributed by atoms with Gasteiger partial charge >= 0.3 is 0 Å². The Morgan fingerprint density at radius 1 is 1.27 bits per heavy atom. The van der Waals surface area contributed by atoms with Crippen LogP contribution in [0.4, 0.5) is 0 Å². The molecule has 0 spiro atoms. The molecule has 2 rings (SSSR count). The summed E-state index contributed by atoms with van der Waals surface area (Å²) < 4.78 is 2.54. The molecule has 0 radical (unpaired) electrons. The lowest BCUT2D eigenvalue weighted by molar-refractivity contribution is 0.926. The molecule has 0 aliphatic rings. The number of aromatic nitrogens is 4. The van der Waals surface area contributed by atoms with E-state index >= 15 is 0 Å². The van der Waals surface area contributed by atoms with Crippen LogP contribution in [0.3, 0.4) is 0 Å². The Morgan fingerprint density at radius 3 is 2.60 bits per heavy atom. The molecule has 15 heavy (non-hydrogen) atoms. The molecule has 4 nitrogen and oxygen atoms in total. The van der Waals surface area contributed by atoms with Gasteiger partial charge in [-0.2, -0.15) is 0 Å². The number of imidazole rings is 1. The highest BCUT2D eigenvalue weighted by atomic mass is 79.9. The van der Waals surface area contributed by atoms with E-state index in [2.05, 4.69) is 30.9 Å². The minimum Gasteiger partial charge on any atom is -0.286 e. The monoisotopic (exact) mass is 286 g/mol. The molecule has 2 aromatic rings. The molecule has 0 aliphatic heterocycles. The Kier molecular flexibility index (Phi) is 2.75. The molecule has 2 heterocycles. The summed E-state index contributed by atoms with van der Waals surface area (Å²) in [5.74, 6) is 0.702. The van der Waals surface area contributed by atoms with Crippen LogP contribution in [-0.4, -0.2) is 19.5 Å². The number of halogens is 2. The lowest BCUT2D eigenvalue weighted by atomic mass is 10.4. The summed E-state index contributed by atoms with van der Waals surface area (Å²) in [5.41, 5.74) is 2.00. The summed E-state index contributed by atoms with van der Waals surface area (Å²) in [6, 6.07) is 0. The lowest BCUT2D eigenvalue weighted by Crippen LogP contribution is -2.01. The van der Waals surface area contributed by atoms with Crippen molar-refractivity contribution in [1.82, 2.24) is 19.5 Å². The van der Waals surface area contributed by atoms with Gasteiger partial charge in [-0.3, -0.25) is 4.57 Å². The molecular formula is C9H8BrClN4. The molecule has 0 N–H and O–H groups in total. The van der Waals surface area contributed by atoms with Gasteiger partial charge in [-0.1, -0.05) is 11.6 Å². The van der Waals surface area contributed by atoms with Crippen LogP contribution < -0.4 is 0 Å². The van der Waals surface area contributed by atoms with Gasteiger partial charge in [0, 0.05) is 5.69 Å². The smallest absolute Gasteiger partial charge is 0.157 e. The van der Waals surface area contributed by atoms with Gasteiger partial charge in [0.25, 0.3) is 0 Å². The van der Waals surface area contributed by atoms with Gasteiger partial charge in [0.15, 0.2) is 5.82 Å². The molecule has 0 fully saturated rings. The van der Waals surface area contributed by atoms with Crippen LogP contribution in [0.5, 0.6) is 0 Å². The summed E-state index contributed by atoms with van der Waals surface area (Å²) in [6.07, 6.45) is 3.14. The van der Waals surface area contributed by atoms with E-state index in [9.17, 15) is 0 Å². The van der Waals surface area contributed by atoms with E-state index < -0.39 is 0 Å². The Balaban J connectivity index is 2.64. The van der Waals surface area contributed by atoms with Crippen molar-refractivity contribution in [2.75, 3.05) is 0 Å². The van der Waals surface area contributed by atoms with Gasteiger partial charge in [-0.05, 0) is 29.8 Å². The first-order valence-corrected chi connectivity index (χ1v) is 5.45. The Bertz CT molecular complexity index is 509. The van der Waals surface area contributed by atoms with Crippen molar-refractivity contribution >= 4 is 27.5 Å². The molecule has 0 saturated heterocycles. The van der Waals surface area contributed by atoms with E-state index in [4.69, 9.17) is 11.6 Å². The average molecular weight is 288 g/mol. The largest absolute Gasteiger partial charge is 0.286 e. The van der Waals surface area contributed by atoms with Gasteiger partial charge in [0.2, 0.25) is 0 Å². The lowest BCUT2D eigenvalue weighted by Gasteiger charge is -2.06. The average Bonchev–Trinajstić information content (AvgIpc) is 2.53. The van der Waals surface area contributed by atoms with E-state index in [1.165, 1.54) is 6.33 Å². The number of rotatable bonds is 1. The summed E-state index contributed by atoms with van der Waals surface area (Å²) in [6.45, 7) is 3.92. The molecule has 2 aromatic heterocycles. The van der Waals surface area contributed by atoms with E-state index in [-0.39, 0.29) is 0 Å². The number of nitrogens with zero attached hydrogens (tertiary/aromatic N) is 4. The molecule has 0 aliphatic carbocycles. The standard InChI is InChI=1S/C9H8BrClN4/c1-5-6(2)15(4-14-5)9-7(10)8(11)12-3-13-9/h3-4H,1-2H3. The number of hydrogen-bond donors (Lipinski definition) is 0. The molecule has 78 valence electrons. The normalized spacial score (nSPS) is 10.7. The maximum absolute atomic E-state index is 5.89. The van der Waals surface area contributed by atoms with Crippen LogP contribution >= 0.6 is 27.5 Å². The molecule has 6 heteroatoms. The van der Waals surface area contributed by atoms with Gasteiger partial charge < -0.3 is 0 Å². The minimum atomic E-state index is 0.394. The predicted molar refractivity (Wildman–Crippen MR) is 61.3 cm³/mol. The van der Waals surface area contributed by atoms with Crippen molar-refractivity contribution < 1.29 is 0 Å². The van der Waals surface area contributed by atoms with Crippen LogP contribution in [-0.2, 0) is 0 Å². The van der Waals surface area contributed by atoms with E-state index in [1.807, 2.05) is 18.4 Å². The maximum atomic E-state index is 5.89. The number of hydrogen-bond acceptors (Lipinski definition) is 3. The topological polar surface area (TPSA) is 43.6 Å².